The van der Waals surface area contributed by atoms with Crippen LogP contribution in [0, 0.1) is 5.92 Å². The Labute approximate surface area is 151 Å². The van der Waals surface area contributed by atoms with Crippen molar-refractivity contribution in [1.82, 2.24) is 15.2 Å². The van der Waals surface area contributed by atoms with Gasteiger partial charge in [-0.25, -0.2) is 0 Å². The topological polar surface area (TPSA) is 37.4 Å². The molecule has 1 aliphatic heterocycles. The molecule has 1 N–H and O–H groups in total. The van der Waals surface area contributed by atoms with Crippen molar-refractivity contribution in [2.45, 2.75) is 25.8 Å². The lowest BCUT2D eigenvalue weighted by molar-refractivity contribution is 0.218. The summed E-state index contributed by atoms with van der Waals surface area (Å²) in [4.78, 5) is 6.71. The fourth-order valence-electron chi connectivity index (χ4n) is 3.21. The van der Waals surface area contributed by atoms with Crippen molar-refractivity contribution in [3.63, 3.8) is 0 Å². The zero-order chi connectivity index (χ0) is 17.3. The van der Waals surface area contributed by atoms with E-state index in [0.29, 0.717) is 5.92 Å². The monoisotopic (exact) mass is 339 g/mol. The molecule has 0 aliphatic carbocycles. The predicted octanol–water partition coefficient (Wildman–Crippen LogP) is 3.13. The molecule has 0 bridgehead atoms. The Morgan fingerprint density at radius 3 is 2.80 bits per heavy atom. The summed E-state index contributed by atoms with van der Waals surface area (Å²) in [5, 5.41) is 3.44. The minimum absolute atomic E-state index is 0.645. The third-order valence-corrected chi connectivity index (χ3v) is 4.74. The van der Waals surface area contributed by atoms with E-state index in [1.807, 2.05) is 18.3 Å². The van der Waals surface area contributed by atoms with E-state index in [-0.39, 0.29) is 0 Å². The molecule has 134 valence electrons. The van der Waals surface area contributed by atoms with Gasteiger partial charge in [-0.15, -0.1) is 0 Å². The van der Waals surface area contributed by atoms with Crippen LogP contribution in [0.1, 0.15) is 24.1 Å². The molecule has 0 amide bonds. The first-order chi connectivity index (χ1) is 12.3. The second-order valence-electron chi connectivity index (χ2n) is 6.98. The predicted molar refractivity (Wildman–Crippen MR) is 102 cm³/mol. The van der Waals surface area contributed by atoms with Gasteiger partial charge in [0.15, 0.2) is 0 Å². The van der Waals surface area contributed by atoms with Crippen LogP contribution in [0.25, 0.3) is 0 Å². The fraction of sp³-hybridized carbons (Fsp3) is 0.476. The molecule has 25 heavy (non-hydrogen) atoms. The van der Waals surface area contributed by atoms with Gasteiger partial charge in [-0.3, -0.25) is 4.98 Å². The van der Waals surface area contributed by atoms with Gasteiger partial charge < -0.3 is 15.0 Å². The number of likely N-dealkylation sites (N-methyl/N-ethyl adjacent to an activating group) is 1. The highest BCUT2D eigenvalue weighted by Crippen LogP contribution is 2.16. The second kappa shape index (κ2) is 9.54. The zero-order valence-corrected chi connectivity index (χ0v) is 15.2. The molecule has 1 atom stereocenters. The highest BCUT2D eigenvalue weighted by Gasteiger charge is 2.13. The Morgan fingerprint density at radius 1 is 1.20 bits per heavy atom. The third kappa shape index (κ3) is 6.15. The molecule has 4 heteroatoms. The molecular weight excluding hydrogens is 310 g/mol. The van der Waals surface area contributed by atoms with Gasteiger partial charge in [0.05, 0.1) is 6.61 Å². The summed E-state index contributed by atoms with van der Waals surface area (Å²) in [6.07, 6.45) is 5.37. The summed E-state index contributed by atoms with van der Waals surface area (Å²) in [6.45, 7) is 5.00. The van der Waals surface area contributed by atoms with Gasteiger partial charge in [0.2, 0.25) is 0 Å². The molecule has 4 nitrogen and oxygen atoms in total. The number of nitrogens with zero attached hydrogens (tertiary/aromatic N) is 2. The number of piperidine rings is 1. The number of ether oxygens (including phenoxy) is 1. The van der Waals surface area contributed by atoms with Gasteiger partial charge in [-0.1, -0.05) is 18.2 Å². The maximum atomic E-state index is 5.95. The summed E-state index contributed by atoms with van der Waals surface area (Å²) in [7, 11) is 2.16. The number of hydrogen-bond acceptors (Lipinski definition) is 4. The molecule has 0 radical (unpaired) electrons. The third-order valence-electron chi connectivity index (χ3n) is 4.74. The highest BCUT2D eigenvalue weighted by atomic mass is 16.5. The number of hydrogen-bond donors (Lipinski definition) is 1. The molecule has 1 aliphatic rings. The molecular formula is C21H29N3O. The lowest BCUT2D eigenvalue weighted by Gasteiger charge is -2.22. The van der Waals surface area contributed by atoms with Crippen LogP contribution in [0.2, 0.25) is 0 Å². The molecule has 1 aromatic heterocycles. The maximum absolute atomic E-state index is 5.95. The van der Waals surface area contributed by atoms with Crippen molar-refractivity contribution in [2.75, 3.05) is 33.3 Å². The van der Waals surface area contributed by atoms with Gasteiger partial charge in [0.25, 0.3) is 0 Å². The summed E-state index contributed by atoms with van der Waals surface area (Å²) in [5.41, 5.74) is 2.46. The van der Waals surface area contributed by atoms with Crippen molar-refractivity contribution >= 4 is 0 Å². The number of pyridine rings is 1. The first-order valence-corrected chi connectivity index (χ1v) is 9.30. The lowest BCUT2D eigenvalue weighted by atomic mass is 10.0. The lowest BCUT2D eigenvalue weighted by Crippen LogP contribution is -2.33. The Balaban J connectivity index is 1.40. The molecule has 3 rings (SSSR count). The summed E-state index contributed by atoms with van der Waals surface area (Å²) in [6, 6.07) is 14.6. The minimum Gasteiger partial charge on any atom is -0.493 e. The van der Waals surface area contributed by atoms with Gasteiger partial charge >= 0.3 is 0 Å². The molecule has 0 saturated carbocycles. The van der Waals surface area contributed by atoms with E-state index in [4.69, 9.17) is 4.74 Å². The first-order valence-electron chi connectivity index (χ1n) is 9.30. The van der Waals surface area contributed by atoms with E-state index in [0.717, 1.165) is 50.7 Å². The highest BCUT2D eigenvalue weighted by molar-refractivity contribution is 5.27. The number of aromatic nitrogens is 1. The SMILES string of the molecule is CN(CCc1ccccn1)Cc1ccc(OC[C@H]2CCCNC2)cc1. The molecule has 0 spiro atoms. The van der Waals surface area contributed by atoms with Crippen molar-refractivity contribution in [1.29, 1.82) is 0 Å². The Bertz CT molecular complexity index is 609. The van der Waals surface area contributed by atoms with Crippen LogP contribution in [-0.2, 0) is 13.0 Å². The molecule has 2 aromatic rings. The molecule has 0 unspecified atom stereocenters. The molecule has 2 heterocycles. The van der Waals surface area contributed by atoms with Crippen LogP contribution in [0.5, 0.6) is 5.75 Å². The normalized spacial score (nSPS) is 17.6. The standard InChI is InChI=1S/C21H29N3O/c1-24(14-11-20-6-2-3-13-23-20)16-18-7-9-21(10-8-18)25-17-19-5-4-12-22-15-19/h2-3,6-10,13,19,22H,4-5,11-12,14-17H2,1H3/t19-/m0/s1. The molecule has 1 fully saturated rings. The van der Waals surface area contributed by atoms with Gasteiger partial charge in [0, 0.05) is 43.9 Å². The summed E-state index contributed by atoms with van der Waals surface area (Å²) in [5.74, 6) is 1.62. The Kier molecular flexibility index (Phi) is 6.83. The second-order valence-corrected chi connectivity index (χ2v) is 6.98. The van der Waals surface area contributed by atoms with E-state index < -0.39 is 0 Å². The van der Waals surface area contributed by atoms with Crippen molar-refractivity contribution in [3.8, 4) is 5.75 Å². The average Bonchev–Trinajstić information content (AvgIpc) is 2.67. The van der Waals surface area contributed by atoms with Gasteiger partial charge in [-0.2, -0.15) is 0 Å². The average molecular weight is 339 g/mol. The van der Waals surface area contributed by atoms with Crippen LogP contribution >= 0.6 is 0 Å². The first kappa shape index (κ1) is 17.9. The van der Waals surface area contributed by atoms with Crippen molar-refractivity contribution in [3.05, 3.63) is 59.9 Å². The fourth-order valence-corrected chi connectivity index (χ4v) is 3.21. The van der Waals surface area contributed by atoms with E-state index in [1.54, 1.807) is 0 Å². The van der Waals surface area contributed by atoms with E-state index in [2.05, 4.69) is 52.6 Å². The van der Waals surface area contributed by atoms with E-state index in [1.165, 1.54) is 18.4 Å². The summed E-state index contributed by atoms with van der Waals surface area (Å²) >= 11 is 0. The quantitative estimate of drug-likeness (QED) is 0.802. The number of benzene rings is 1. The molecule has 1 saturated heterocycles. The number of rotatable bonds is 8. The van der Waals surface area contributed by atoms with Crippen LogP contribution in [0.4, 0.5) is 0 Å². The minimum atomic E-state index is 0.645. The number of nitrogens with one attached hydrogen (secondary N) is 1. The molecule has 1 aromatic carbocycles. The van der Waals surface area contributed by atoms with Crippen LogP contribution in [0.15, 0.2) is 48.7 Å². The van der Waals surface area contributed by atoms with E-state index >= 15 is 0 Å². The zero-order valence-electron chi connectivity index (χ0n) is 15.2. The largest absolute Gasteiger partial charge is 0.493 e. The van der Waals surface area contributed by atoms with Crippen LogP contribution in [0.3, 0.4) is 0 Å². The summed E-state index contributed by atoms with van der Waals surface area (Å²) < 4.78 is 5.95. The van der Waals surface area contributed by atoms with Gasteiger partial charge in [-0.05, 0) is 56.3 Å². The Hall–Kier alpha value is -1.91. The maximum Gasteiger partial charge on any atom is 0.119 e. The van der Waals surface area contributed by atoms with Crippen molar-refractivity contribution in [2.24, 2.45) is 5.92 Å². The van der Waals surface area contributed by atoms with Crippen LogP contribution < -0.4 is 10.1 Å². The van der Waals surface area contributed by atoms with Crippen LogP contribution in [-0.4, -0.2) is 43.2 Å². The van der Waals surface area contributed by atoms with E-state index in [9.17, 15) is 0 Å². The Morgan fingerprint density at radius 2 is 2.08 bits per heavy atom. The van der Waals surface area contributed by atoms with Crippen molar-refractivity contribution < 1.29 is 4.74 Å². The van der Waals surface area contributed by atoms with Gasteiger partial charge in [0.1, 0.15) is 5.75 Å². The smallest absolute Gasteiger partial charge is 0.119 e.